The Morgan fingerprint density at radius 1 is 1.12 bits per heavy atom. The van der Waals surface area contributed by atoms with Gasteiger partial charge in [-0.2, -0.15) is 0 Å². The number of fused-ring (bicyclic) bond motifs is 1. The lowest BCUT2D eigenvalue weighted by atomic mass is 9.89. The van der Waals surface area contributed by atoms with Gasteiger partial charge in [0.15, 0.2) is 0 Å². The number of nitrogens with one attached hydrogen (secondary N) is 1. The first-order chi connectivity index (χ1) is 16.0. The van der Waals surface area contributed by atoms with Crippen molar-refractivity contribution in [3.63, 3.8) is 0 Å². The van der Waals surface area contributed by atoms with E-state index in [1.807, 2.05) is 29.3 Å². The second-order valence-corrected chi connectivity index (χ2v) is 9.27. The normalized spacial score (nSPS) is 22.8. The van der Waals surface area contributed by atoms with Gasteiger partial charge in [-0.3, -0.25) is 14.7 Å². The Labute approximate surface area is 195 Å². The average Bonchev–Trinajstić information content (AvgIpc) is 3.25. The molecule has 6 nitrogen and oxygen atoms in total. The summed E-state index contributed by atoms with van der Waals surface area (Å²) in [5.74, 6) is 0.904. The van der Waals surface area contributed by atoms with Crippen LogP contribution >= 0.6 is 0 Å². The van der Waals surface area contributed by atoms with Crippen molar-refractivity contribution in [1.82, 2.24) is 14.9 Å². The highest BCUT2D eigenvalue weighted by molar-refractivity contribution is 5.94. The number of aromatic nitrogens is 2. The van der Waals surface area contributed by atoms with Crippen LogP contribution in [-0.4, -0.2) is 40.4 Å². The minimum absolute atomic E-state index is 0.0619. The van der Waals surface area contributed by atoms with Crippen molar-refractivity contribution in [2.24, 2.45) is 0 Å². The molecule has 1 amide bonds. The van der Waals surface area contributed by atoms with E-state index < -0.39 is 0 Å². The molecule has 33 heavy (non-hydrogen) atoms. The van der Waals surface area contributed by atoms with E-state index in [1.165, 1.54) is 18.4 Å². The van der Waals surface area contributed by atoms with E-state index in [-0.39, 0.29) is 18.0 Å². The maximum atomic E-state index is 12.5. The highest BCUT2D eigenvalue weighted by Crippen LogP contribution is 2.41. The quantitative estimate of drug-likeness (QED) is 0.602. The molecule has 3 aromatic rings. The van der Waals surface area contributed by atoms with Gasteiger partial charge in [-0.15, -0.1) is 0 Å². The lowest BCUT2D eigenvalue weighted by Gasteiger charge is -2.39. The molecule has 1 fully saturated rings. The van der Waals surface area contributed by atoms with E-state index in [0.29, 0.717) is 6.04 Å². The molecule has 1 N–H and O–H groups in total. The standard InChI is InChI=1S/C27H31N5O/c1-18-15-24(30-27-8-4-5-13-28-27)22-16-20(10-12-26(22)32(18)19(2)33)23-11-9-21(17-29-23)25-7-6-14-31(25)3/h4-5,8-13,16-18,24-25H,6-7,14-15H2,1-3H3,(H,28,30)/t18-,24+,25-/m0/s1. The van der Waals surface area contributed by atoms with Crippen LogP contribution in [-0.2, 0) is 4.79 Å². The number of nitrogens with zero attached hydrogens (tertiary/aromatic N) is 4. The van der Waals surface area contributed by atoms with Crippen LogP contribution in [0.15, 0.2) is 60.9 Å². The number of pyridine rings is 2. The Morgan fingerprint density at radius 3 is 2.67 bits per heavy atom. The molecular weight excluding hydrogens is 410 g/mol. The van der Waals surface area contributed by atoms with Crippen molar-refractivity contribution in [3.8, 4) is 11.3 Å². The zero-order valence-electron chi connectivity index (χ0n) is 19.5. The van der Waals surface area contributed by atoms with E-state index in [1.54, 1.807) is 13.1 Å². The summed E-state index contributed by atoms with van der Waals surface area (Å²) < 4.78 is 0. The molecule has 1 aromatic carbocycles. The molecule has 2 aromatic heterocycles. The molecule has 0 unspecified atom stereocenters. The molecule has 170 valence electrons. The smallest absolute Gasteiger partial charge is 0.224 e. The highest BCUT2D eigenvalue weighted by atomic mass is 16.2. The van der Waals surface area contributed by atoms with Gasteiger partial charge in [0.1, 0.15) is 5.82 Å². The topological polar surface area (TPSA) is 61.4 Å². The van der Waals surface area contributed by atoms with Crippen LogP contribution in [0.4, 0.5) is 11.5 Å². The fraction of sp³-hybridized carbons (Fsp3) is 0.370. The lowest BCUT2D eigenvalue weighted by molar-refractivity contribution is -0.117. The van der Waals surface area contributed by atoms with Crippen LogP contribution in [0.25, 0.3) is 11.3 Å². The van der Waals surface area contributed by atoms with Crippen molar-refractivity contribution < 1.29 is 4.79 Å². The Morgan fingerprint density at radius 2 is 2.00 bits per heavy atom. The largest absolute Gasteiger partial charge is 0.363 e. The summed E-state index contributed by atoms with van der Waals surface area (Å²) in [5, 5.41) is 3.58. The van der Waals surface area contributed by atoms with Crippen LogP contribution in [0.1, 0.15) is 56.3 Å². The number of amides is 1. The summed E-state index contributed by atoms with van der Waals surface area (Å²) in [6.07, 6.45) is 7.06. The Hall–Kier alpha value is -3.25. The van der Waals surface area contributed by atoms with Crippen LogP contribution < -0.4 is 10.2 Å². The van der Waals surface area contributed by atoms with Crippen LogP contribution in [0, 0.1) is 0 Å². The molecule has 0 aliphatic carbocycles. The monoisotopic (exact) mass is 441 g/mol. The number of anilines is 2. The minimum atomic E-state index is 0.0619. The first-order valence-electron chi connectivity index (χ1n) is 11.8. The Balaban J connectivity index is 1.49. The van der Waals surface area contributed by atoms with Gasteiger partial charge >= 0.3 is 0 Å². The number of carbonyl (C=O) groups excluding carboxylic acids is 1. The van der Waals surface area contributed by atoms with Gasteiger partial charge in [-0.25, -0.2) is 4.98 Å². The van der Waals surface area contributed by atoms with Gasteiger partial charge in [0.2, 0.25) is 5.91 Å². The molecule has 2 aliphatic heterocycles. The molecule has 1 saturated heterocycles. The fourth-order valence-corrected chi connectivity index (χ4v) is 5.37. The molecular formula is C27H31N5O. The van der Waals surface area contributed by atoms with Crippen molar-refractivity contribution in [2.75, 3.05) is 23.8 Å². The molecule has 5 rings (SSSR count). The molecule has 0 spiro atoms. The average molecular weight is 442 g/mol. The van der Waals surface area contributed by atoms with E-state index in [0.717, 1.165) is 41.3 Å². The summed E-state index contributed by atoms with van der Waals surface area (Å²) in [4.78, 5) is 26.0. The van der Waals surface area contributed by atoms with Gasteiger partial charge in [0, 0.05) is 42.7 Å². The van der Waals surface area contributed by atoms with Crippen molar-refractivity contribution >= 4 is 17.4 Å². The van der Waals surface area contributed by atoms with Crippen molar-refractivity contribution in [3.05, 3.63) is 72.1 Å². The maximum Gasteiger partial charge on any atom is 0.224 e. The first-order valence-corrected chi connectivity index (χ1v) is 11.8. The number of hydrogen-bond donors (Lipinski definition) is 1. The van der Waals surface area contributed by atoms with Crippen LogP contribution in [0.3, 0.4) is 0 Å². The predicted octanol–water partition coefficient (Wildman–Crippen LogP) is 5.21. The predicted molar refractivity (Wildman–Crippen MR) is 132 cm³/mol. The van der Waals surface area contributed by atoms with E-state index in [4.69, 9.17) is 4.98 Å². The molecule has 0 bridgehead atoms. The van der Waals surface area contributed by atoms with E-state index in [2.05, 4.69) is 59.5 Å². The third kappa shape index (κ3) is 4.23. The zero-order chi connectivity index (χ0) is 22.9. The SMILES string of the molecule is CC(=O)N1c2ccc(-c3ccc([C@@H]4CCCN4C)cn3)cc2[C@H](Nc2ccccn2)C[C@@H]1C. The van der Waals surface area contributed by atoms with E-state index >= 15 is 0 Å². The Bertz CT molecular complexity index is 1130. The molecule has 0 saturated carbocycles. The van der Waals surface area contributed by atoms with Crippen molar-refractivity contribution in [2.45, 2.75) is 51.2 Å². The third-order valence-electron chi connectivity index (χ3n) is 6.99. The minimum Gasteiger partial charge on any atom is -0.363 e. The van der Waals surface area contributed by atoms with E-state index in [9.17, 15) is 4.79 Å². The lowest BCUT2D eigenvalue weighted by Crippen LogP contribution is -2.43. The molecule has 6 heteroatoms. The molecule has 4 heterocycles. The van der Waals surface area contributed by atoms with Gasteiger partial charge in [0.25, 0.3) is 0 Å². The summed E-state index contributed by atoms with van der Waals surface area (Å²) >= 11 is 0. The summed E-state index contributed by atoms with van der Waals surface area (Å²) in [6.45, 7) is 4.89. The summed E-state index contributed by atoms with van der Waals surface area (Å²) in [5.41, 5.74) is 5.36. The summed E-state index contributed by atoms with van der Waals surface area (Å²) in [6, 6.07) is 17.2. The number of likely N-dealkylation sites (tertiary alicyclic amines) is 1. The van der Waals surface area contributed by atoms with Crippen molar-refractivity contribution in [1.29, 1.82) is 0 Å². The number of carbonyl (C=O) groups is 1. The fourth-order valence-electron chi connectivity index (χ4n) is 5.37. The number of benzene rings is 1. The first kappa shape index (κ1) is 21.6. The number of hydrogen-bond acceptors (Lipinski definition) is 5. The molecule has 2 aliphatic rings. The number of rotatable bonds is 4. The second-order valence-electron chi connectivity index (χ2n) is 9.27. The molecule has 3 atom stereocenters. The maximum absolute atomic E-state index is 12.5. The highest BCUT2D eigenvalue weighted by Gasteiger charge is 2.33. The van der Waals surface area contributed by atoms with Gasteiger partial charge in [0.05, 0.1) is 11.7 Å². The van der Waals surface area contributed by atoms with Crippen LogP contribution in [0.5, 0.6) is 0 Å². The van der Waals surface area contributed by atoms with Gasteiger partial charge in [-0.05, 0) is 81.2 Å². The summed E-state index contributed by atoms with van der Waals surface area (Å²) in [7, 11) is 2.19. The van der Waals surface area contributed by atoms with Gasteiger partial charge < -0.3 is 10.2 Å². The second kappa shape index (κ2) is 8.94. The Kier molecular flexibility index (Phi) is 5.85. The third-order valence-corrected chi connectivity index (χ3v) is 6.99. The zero-order valence-corrected chi connectivity index (χ0v) is 19.5. The molecule has 0 radical (unpaired) electrons. The van der Waals surface area contributed by atoms with Crippen LogP contribution in [0.2, 0.25) is 0 Å². The van der Waals surface area contributed by atoms with Gasteiger partial charge in [-0.1, -0.05) is 18.2 Å².